The van der Waals surface area contributed by atoms with Crippen molar-refractivity contribution in [1.82, 2.24) is 0 Å². The number of phosphoric acid groups is 1. The molecule has 0 radical (unpaired) electrons. The lowest BCUT2D eigenvalue weighted by Gasteiger charge is -2.03. The maximum Gasteiger partial charge on any atom is 0.469 e. The Labute approximate surface area is 93.8 Å². The zero-order valence-electron chi connectivity index (χ0n) is 9.07. The SMILES string of the molecule is COP(=O)(O)O.NCCCC[C@H](N)C(=O)O. The van der Waals surface area contributed by atoms with Crippen LogP contribution in [0.1, 0.15) is 19.3 Å². The van der Waals surface area contributed by atoms with Gasteiger partial charge in [0.15, 0.2) is 0 Å². The second-order valence-electron chi connectivity index (χ2n) is 2.90. The molecule has 8 nitrogen and oxygen atoms in total. The molecule has 0 heterocycles. The molecule has 0 amide bonds. The smallest absolute Gasteiger partial charge is 0.469 e. The van der Waals surface area contributed by atoms with Gasteiger partial charge in [0.2, 0.25) is 0 Å². The Morgan fingerprint density at radius 1 is 1.44 bits per heavy atom. The zero-order valence-corrected chi connectivity index (χ0v) is 9.97. The predicted octanol–water partition coefficient (Wildman–Crippen LogP) is -0.747. The Bertz CT molecular complexity index is 231. The van der Waals surface area contributed by atoms with E-state index in [1.54, 1.807) is 0 Å². The van der Waals surface area contributed by atoms with Crippen LogP contribution in [-0.4, -0.2) is 40.6 Å². The van der Waals surface area contributed by atoms with Gasteiger partial charge in [0.25, 0.3) is 0 Å². The second kappa shape index (κ2) is 9.71. The summed E-state index contributed by atoms with van der Waals surface area (Å²) in [6.07, 6.45) is 2.16. The Kier molecular flexibility index (Phi) is 10.8. The molecule has 98 valence electrons. The molecule has 0 aliphatic rings. The van der Waals surface area contributed by atoms with E-state index in [1.807, 2.05) is 0 Å². The molecule has 0 aromatic heterocycles. The summed E-state index contributed by atoms with van der Waals surface area (Å²) in [5.41, 5.74) is 10.4. The molecule has 0 saturated carbocycles. The van der Waals surface area contributed by atoms with Gasteiger partial charge < -0.3 is 26.4 Å². The first-order valence-corrected chi connectivity index (χ1v) is 6.07. The molecule has 0 aliphatic carbocycles. The molecule has 0 aliphatic heterocycles. The number of carboxylic acids is 1. The molecule has 0 spiro atoms. The van der Waals surface area contributed by atoms with E-state index < -0.39 is 19.8 Å². The first-order chi connectivity index (χ1) is 7.24. The van der Waals surface area contributed by atoms with E-state index in [4.69, 9.17) is 26.4 Å². The van der Waals surface area contributed by atoms with Gasteiger partial charge in [-0.25, -0.2) is 4.57 Å². The number of rotatable bonds is 6. The predicted molar refractivity (Wildman–Crippen MR) is 57.6 cm³/mol. The fourth-order valence-corrected chi connectivity index (χ4v) is 0.632. The van der Waals surface area contributed by atoms with E-state index in [-0.39, 0.29) is 0 Å². The monoisotopic (exact) mass is 258 g/mol. The summed E-state index contributed by atoms with van der Waals surface area (Å²) in [4.78, 5) is 25.6. The minimum Gasteiger partial charge on any atom is -0.480 e. The Morgan fingerprint density at radius 3 is 2.12 bits per heavy atom. The molecule has 0 aromatic rings. The fraction of sp³-hybridized carbons (Fsp3) is 0.857. The lowest BCUT2D eigenvalue weighted by atomic mass is 10.1. The van der Waals surface area contributed by atoms with E-state index in [0.717, 1.165) is 20.0 Å². The summed E-state index contributed by atoms with van der Waals surface area (Å²) in [5.74, 6) is -0.933. The minimum absolute atomic E-state index is 0.520. The van der Waals surface area contributed by atoms with Crippen LogP contribution in [0.3, 0.4) is 0 Å². The van der Waals surface area contributed by atoms with Crippen LogP contribution in [0.15, 0.2) is 0 Å². The average molecular weight is 258 g/mol. The Balaban J connectivity index is 0. The summed E-state index contributed by atoms with van der Waals surface area (Å²) in [7, 11) is -3.20. The van der Waals surface area contributed by atoms with Crippen LogP contribution in [0.5, 0.6) is 0 Å². The number of nitrogens with two attached hydrogens (primary N) is 2. The number of hydrogen-bond donors (Lipinski definition) is 5. The van der Waals surface area contributed by atoms with Crippen molar-refractivity contribution in [2.24, 2.45) is 11.5 Å². The van der Waals surface area contributed by atoms with Crippen molar-refractivity contribution >= 4 is 13.8 Å². The zero-order chi connectivity index (χ0) is 13.2. The van der Waals surface area contributed by atoms with Gasteiger partial charge in [0.1, 0.15) is 6.04 Å². The third kappa shape index (κ3) is 15.9. The van der Waals surface area contributed by atoms with Gasteiger partial charge >= 0.3 is 13.8 Å². The van der Waals surface area contributed by atoms with Gasteiger partial charge in [-0.15, -0.1) is 0 Å². The molecule has 0 unspecified atom stereocenters. The normalized spacial score (nSPS) is 12.6. The molecule has 9 heteroatoms. The van der Waals surface area contributed by atoms with Gasteiger partial charge in [0.05, 0.1) is 0 Å². The van der Waals surface area contributed by atoms with Crippen LogP contribution < -0.4 is 11.5 Å². The summed E-state index contributed by atoms with van der Waals surface area (Å²) < 4.78 is 13.1. The number of hydrogen-bond acceptors (Lipinski definition) is 5. The maximum atomic E-state index is 10.1. The highest BCUT2D eigenvalue weighted by molar-refractivity contribution is 7.46. The highest BCUT2D eigenvalue weighted by atomic mass is 31.2. The van der Waals surface area contributed by atoms with Crippen LogP contribution in [-0.2, 0) is 13.9 Å². The third-order valence-electron chi connectivity index (χ3n) is 1.52. The van der Waals surface area contributed by atoms with Gasteiger partial charge in [0, 0.05) is 7.11 Å². The molecule has 0 aromatic carbocycles. The highest BCUT2D eigenvalue weighted by Crippen LogP contribution is 2.33. The van der Waals surface area contributed by atoms with Crippen LogP contribution in [0, 0.1) is 0 Å². The topological polar surface area (TPSA) is 156 Å². The van der Waals surface area contributed by atoms with Crippen molar-refractivity contribution in [3.63, 3.8) is 0 Å². The first kappa shape index (κ1) is 17.9. The van der Waals surface area contributed by atoms with Crippen molar-refractivity contribution in [2.75, 3.05) is 13.7 Å². The van der Waals surface area contributed by atoms with Crippen LogP contribution >= 0.6 is 7.82 Å². The van der Waals surface area contributed by atoms with Crippen LogP contribution in [0.4, 0.5) is 0 Å². The number of carboxylic acid groups (broad SMARTS) is 1. The summed E-state index contributed by atoms with van der Waals surface area (Å²) in [5, 5.41) is 8.33. The molecule has 16 heavy (non-hydrogen) atoms. The van der Waals surface area contributed by atoms with Gasteiger partial charge in [-0.3, -0.25) is 9.32 Å². The fourth-order valence-electron chi connectivity index (χ4n) is 0.632. The van der Waals surface area contributed by atoms with Gasteiger partial charge in [-0.2, -0.15) is 0 Å². The van der Waals surface area contributed by atoms with Crippen molar-refractivity contribution in [3.8, 4) is 0 Å². The largest absolute Gasteiger partial charge is 0.480 e. The number of aliphatic carboxylic acids is 1. The quantitative estimate of drug-likeness (QED) is 0.308. The second-order valence-corrected chi connectivity index (χ2v) is 4.25. The molecular formula is C7H19N2O6P. The summed E-state index contributed by atoms with van der Waals surface area (Å²) >= 11 is 0. The lowest BCUT2D eigenvalue weighted by Crippen LogP contribution is -2.29. The molecule has 0 fully saturated rings. The van der Waals surface area contributed by atoms with Crippen molar-refractivity contribution < 1.29 is 28.8 Å². The highest BCUT2D eigenvalue weighted by Gasteiger charge is 2.09. The minimum atomic E-state index is -4.15. The average Bonchev–Trinajstić information content (AvgIpc) is 2.17. The molecule has 0 bridgehead atoms. The standard InChI is InChI=1S/C6H14N2O2.CH5O4P/c7-4-2-1-3-5(8)6(9)10;1-5-6(2,3)4/h5H,1-4,7-8H2,(H,9,10);1H3,(H2,2,3,4)/t5-;/m0./s1. The molecule has 0 saturated heterocycles. The maximum absolute atomic E-state index is 10.1. The third-order valence-corrected chi connectivity index (χ3v) is 2.00. The summed E-state index contributed by atoms with van der Waals surface area (Å²) in [6, 6.07) is -0.716. The Morgan fingerprint density at radius 2 is 1.88 bits per heavy atom. The molecule has 0 rings (SSSR count). The van der Waals surface area contributed by atoms with E-state index >= 15 is 0 Å². The lowest BCUT2D eigenvalue weighted by molar-refractivity contribution is -0.138. The van der Waals surface area contributed by atoms with Crippen molar-refractivity contribution in [3.05, 3.63) is 0 Å². The van der Waals surface area contributed by atoms with Crippen LogP contribution in [0.2, 0.25) is 0 Å². The first-order valence-electron chi connectivity index (χ1n) is 4.54. The van der Waals surface area contributed by atoms with E-state index in [2.05, 4.69) is 4.52 Å². The number of carbonyl (C=O) groups is 1. The Hall–Kier alpha value is -0.500. The van der Waals surface area contributed by atoms with E-state index in [1.165, 1.54) is 0 Å². The molecular weight excluding hydrogens is 239 g/mol. The number of phosphoric ester groups is 1. The molecule has 1 atom stereocenters. The van der Waals surface area contributed by atoms with Gasteiger partial charge in [-0.1, -0.05) is 6.42 Å². The van der Waals surface area contributed by atoms with Gasteiger partial charge in [-0.05, 0) is 19.4 Å². The van der Waals surface area contributed by atoms with Crippen molar-refractivity contribution in [2.45, 2.75) is 25.3 Å². The summed E-state index contributed by atoms with van der Waals surface area (Å²) in [6.45, 7) is 0.604. The number of unbranched alkanes of at least 4 members (excludes halogenated alkanes) is 1. The molecule has 7 N–H and O–H groups in total. The van der Waals surface area contributed by atoms with Crippen molar-refractivity contribution in [1.29, 1.82) is 0 Å². The van der Waals surface area contributed by atoms with E-state index in [0.29, 0.717) is 13.0 Å². The van der Waals surface area contributed by atoms with Crippen LogP contribution in [0.25, 0.3) is 0 Å². The van der Waals surface area contributed by atoms with E-state index in [9.17, 15) is 9.36 Å².